The van der Waals surface area contributed by atoms with Crippen LogP contribution in [0.15, 0.2) is 39.8 Å². The predicted octanol–water partition coefficient (Wildman–Crippen LogP) is 8.67. The molecule has 256 valence electrons. The molecule has 14 heteroatoms. The molecule has 2 aliphatic rings. The highest BCUT2D eigenvalue weighted by Crippen LogP contribution is 2.47. The number of nitrogens with one attached hydrogen (secondary N) is 3. The second kappa shape index (κ2) is 16.0. The summed E-state index contributed by atoms with van der Waals surface area (Å²) in [6.07, 6.45) is 5.66. The lowest BCUT2D eigenvalue weighted by Gasteiger charge is -2.23. The van der Waals surface area contributed by atoms with Crippen LogP contribution >= 0.6 is 46.9 Å². The van der Waals surface area contributed by atoms with Crippen LogP contribution in [0.25, 0.3) is 11.3 Å². The van der Waals surface area contributed by atoms with Crippen LogP contribution in [0.5, 0.6) is 5.75 Å². The smallest absolute Gasteiger partial charge is 0.387 e. The maximum atomic E-state index is 13.3. The van der Waals surface area contributed by atoms with Crippen molar-refractivity contribution in [2.45, 2.75) is 100 Å². The van der Waals surface area contributed by atoms with E-state index in [1.54, 1.807) is 24.3 Å². The topological polar surface area (TPSA) is 114 Å². The van der Waals surface area contributed by atoms with E-state index in [1.165, 1.54) is 29.8 Å². The van der Waals surface area contributed by atoms with Crippen molar-refractivity contribution in [3.8, 4) is 17.0 Å². The fraction of sp³-hybridized carbons (Fsp3) is 0.515. The first kappa shape index (κ1) is 36.1. The molecule has 1 aromatic heterocycles. The third kappa shape index (κ3) is 9.70. The molecule has 2 atom stereocenters. The lowest BCUT2D eigenvalue weighted by Crippen LogP contribution is -2.37. The molecule has 1 heterocycles. The molecule has 2 saturated carbocycles. The Labute approximate surface area is 293 Å². The van der Waals surface area contributed by atoms with Crippen molar-refractivity contribution < 1.29 is 22.8 Å². The van der Waals surface area contributed by atoms with Gasteiger partial charge in [-0.2, -0.15) is 8.78 Å². The van der Waals surface area contributed by atoms with Gasteiger partial charge >= 0.3 is 6.61 Å². The number of alkyl halides is 2. The molecule has 8 nitrogen and oxygen atoms in total. The molecule has 0 aliphatic heterocycles. The van der Waals surface area contributed by atoms with Gasteiger partial charge in [-0.1, -0.05) is 41.3 Å². The number of anilines is 1. The Kier molecular flexibility index (Phi) is 12.3. The molecule has 3 aromatic rings. The number of halogens is 4. The predicted molar refractivity (Wildman–Crippen MR) is 188 cm³/mol. The minimum Gasteiger partial charge on any atom is -0.433 e. The molecule has 0 saturated heterocycles. The van der Waals surface area contributed by atoms with Gasteiger partial charge in [0, 0.05) is 50.9 Å². The number of nitrogen functional groups attached to an aromatic ring is 1. The van der Waals surface area contributed by atoms with E-state index < -0.39 is 6.61 Å². The number of nitrogens with two attached hydrogens (primary N) is 1. The molecule has 1 amide bonds. The molecular weight excluding hydrogens is 687 g/mol. The van der Waals surface area contributed by atoms with Crippen LogP contribution in [0, 0.1) is 0 Å². The third-order valence-corrected chi connectivity index (χ3v) is 11.3. The van der Waals surface area contributed by atoms with Gasteiger partial charge < -0.3 is 25.6 Å². The van der Waals surface area contributed by atoms with Crippen LogP contribution in [0.3, 0.4) is 0 Å². The van der Waals surface area contributed by atoms with Crippen molar-refractivity contribution in [1.82, 2.24) is 20.5 Å². The number of rotatable bonds is 18. The van der Waals surface area contributed by atoms with Crippen molar-refractivity contribution in [3.63, 3.8) is 0 Å². The Morgan fingerprint density at radius 3 is 2.57 bits per heavy atom. The number of aromatic nitrogens is 1. The van der Waals surface area contributed by atoms with E-state index in [4.69, 9.17) is 38.2 Å². The second-order valence-electron chi connectivity index (χ2n) is 12.4. The molecule has 5 rings (SSSR count). The number of thioether (sulfide) groups is 1. The van der Waals surface area contributed by atoms with E-state index >= 15 is 0 Å². The highest BCUT2D eigenvalue weighted by atomic mass is 35.5. The number of amides is 1. The number of hydrogen-bond acceptors (Lipinski definition) is 9. The first-order valence-electron chi connectivity index (χ1n) is 15.9. The summed E-state index contributed by atoms with van der Waals surface area (Å²) < 4.78 is 39.9. The quantitative estimate of drug-likeness (QED) is 0.0581. The van der Waals surface area contributed by atoms with Crippen molar-refractivity contribution in [2.24, 2.45) is 0 Å². The largest absolute Gasteiger partial charge is 0.433 e. The maximum absolute atomic E-state index is 13.3. The van der Waals surface area contributed by atoms with Crippen molar-refractivity contribution in [3.05, 3.63) is 57.3 Å². The Bertz CT molecular complexity index is 1530. The summed E-state index contributed by atoms with van der Waals surface area (Å²) in [6.45, 7) is 4.55. The van der Waals surface area contributed by atoms with Gasteiger partial charge in [0.15, 0.2) is 5.75 Å². The summed E-state index contributed by atoms with van der Waals surface area (Å²) in [6, 6.07) is 8.60. The molecule has 47 heavy (non-hydrogen) atoms. The van der Waals surface area contributed by atoms with Crippen LogP contribution in [0.2, 0.25) is 10.0 Å². The highest BCUT2D eigenvalue weighted by molar-refractivity contribution is 7.99. The average molecular weight is 729 g/mol. The van der Waals surface area contributed by atoms with Crippen LogP contribution in [0.4, 0.5) is 14.5 Å². The second-order valence-corrected chi connectivity index (χ2v) is 15.7. The molecule has 0 radical (unpaired) electrons. The maximum Gasteiger partial charge on any atom is 0.387 e. The van der Waals surface area contributed by atoms with Crippen LogP contribution in [-0.2, 0) is 6.54 Å². The van der Waals surface area contributed by atoms with Crippen LogP contribution in [0.1, 0.15) is 86.9 Å². The van der Waals surface area contributed by atoms with E-state index in [0.717, 1.165) is 56.4 Å². The summed E-state index contributed by atoms with van der Waals surface area (Å²) in [5.74, 6) is 1.21. The Hall–Kier alpha value is -2.22. The van der Waals surface area contributed by atoms with E-state index in [2.05, 4.69) is 41.3 Å². The van der Waals surface area contributed by atoms with Gasteiger partial charge in [0.05, 0.1) is 15.7 Å². The molecule has 2 aromatic carbocycles. The Morgan fingerprint density at radius 1 is 1.21 bits per heavy atom. The zero-order valence-electron chi connectivity index (χ0n) is 26.6. The molecule has 2 aliphatic carbocycles. The molecule has 0 spiro atoms. The minimum atomic E-state index is -3.07. The first-order chi connectivity index (χ1) is 22.5. The summed E-state index contributed by atoms with van der Waals surface area (Å²) in [7, 11) is 0. The number of ether oxygens (including phenoxy) is 1. The van der Waals surface area contributed by atoms with Gasteiger partial charge in [0.1, 0.15) is 11.5 Å². The SMILES string of the molecule is CCNC(C)CC(CCSc1cc(C(=O)NSC2(C)CC2)cc(OC(F)F)c1N)NCc1c(-c2c(Cl)cccc2Cl)noc1C1CC1. The van der Waals surface area contributed by atoms with Gasteiger partial charge in [0.2, 0.25) is 0 Å². The molecule has 0 bridgehead atoms. The van der Waals surface area contributed by atoms with Crippen molar-refractivity contribution in [1.29, 1.82) is 0 Å². The summed E-state index contributed by atoms with van der Waals surface area (Å²) >= 11 is 15.9. The van der Waals surface area contributed by atoms with Crippen LogP contribution < -0.4 is 25.8 Å². The van der Waals surface area contributed by atoms with Crippen molar-refractivity contribution >= 4 is 58.5 Å². The van der Waals surface area contributed by atoms with E-state index in [1.807, 2.05) is 0 Å². The molecule has 2 unspecified atom stereocenters. The van der Waals surface area contributed by atoms with E-state index in [0.29, 0.717) is 44.4 Å². The highest BCUT2D eigenvalue weighted by Gasteiger charge is 2.39. The molecule has 2 fully saturated rings. The van der Waals surface area contributed by atoms with Gasteiger partial charge in [-0.15, -0.1) is 11.8 Å². The zero-order valence-corrected chi connectivity index (χ0v) is 29.8. The normalized spacial score (nSPS) is 16.7. The number of hydrogen-bond donors (Lipinski definition) is 4. The van der Waals surface area contributed by atoms with Gasteiger partial charge in [0.25, 0.3) is 5.91 Å². The molecule has 5 N–H and O–H groups in total. The monoisotopic (exact) mass is 727 g/mol. The fourth-order valence-corrected chi connectivity index (χ4v) is 7.78. The molecular formula is C33H41Cl2F2N5O3S2. The number of nitrogens with zero attached hydrogens (tertiary/aromatic N) is 1. The summed E-state index contributed by atoms with van der Waals surface area (Å²) in [4.78, 5) is 13.5. The summed E-state index contributed by atoms with van der Waals surface area (Å²) in [5, 5.41) is 12.6. The Morgan fingerprint density at radius 2 is 1.94 bits per heavy atom. The zero-order chi connectivity index (χ0) is 33.7. The number of benzene rings is 2. The lowest BCUT2D eigenvalue weighted by molar-refractivity contribution is -0.0494. The lowest BCUT2D eigenvalue weighted by atomic mass is 10.0. The van der Waals surface area contributed by atoms with E-state index in [9.17, 15) is 13.6 Å². The van der Waals surface area contributed by atoms with Crippen LogP contribution in [-0.4, -0.2) is 46.8 Å². The number of carbonyl (C=O) groups excluding carboxylic acids is 1. The fourth-order valence-electron chi connectivity index (χ4n) is 5.35. The number of carbonyl (C=O) groups is 1. The van der Waals surface area contributed by atoms with Gasteiger partial charge in [-0.3, -0.25) is 9.52 Å². The Balaban J connectivity index is 1.32. The van der Waals surface area contributed by atoms with E-state index in [-0.39, 0.29) is 39.7 Å². The van der Waals surface area contributed by atoms with Gasteiger partial charge in [-0.05, 0) is 101 Å². The standard InChI is InChI=1S/C33H41Cl2F2N5O3S2/c1-4-39-18(2)14-21(40-17-22-29(41-45-30(22)19-8-9-19)27-23(34)6-5-7-24(27)35)10-13-46-26-16-20(15-25(28(26)38)44-32(36)37)31(43)42-47-33(3)11-12-33/h5-7,15-16,18-19,21,32,39-40H,4,8-14,17,38H2,1-3H3,(H,42,43). The minimum absolute atomic E-state index is 0.0153. The third-order valence-electron chi connectivity index (χ3n) is 8.37. The van der Waals surface area contributed by atoms with Crippen molar-refractivity contribution in [2.75, 3.05) is 18.0 Å². The average Bonchev–Trinajstić information content (AvgIpc) is 3.95. The summed E-state index contributed by atoms with van der Waals surface area (Å²) in [5.41, 5.74) is 8.83. The van der Waals surface area contributed by atoms with Gasteiger partial charge in [-0.25, -0.2) is 0 Å². The first-order valence-corrected chi connectivity index (χ1v) is 18.4.